The zero-order valence-electron chi connectivity index (χ0n) is 8.71. The van der Waals surface area contributed by atoms with Crippen LogP contribution < -0.4 is 5.56 Å². The van der Waals surface area contributed by atoms with E-state index >= 15 is 0 Å². The summed E-state index contributed by atoms with van der Waals surface area (Å²) in [5, 5.41) is 9.58. The molecule has 1 heterocycles. The zero-order chi connectivity index (χ0) is 12.4. The van der Waals surface area contributed by atoms with Gasteiger partial charge in [-0.2, -0.15) is 0 Å². The summed E-state index contributed by atoms with van der Waals surface area (Å²) >= 11 is 3.12. The number of aromatic hydroxyl groups is 1. The van der Waals surface area contributed by atoms with Crippen molar-refractivity contribution in [3.8, 4) is 5.75 Å². The highest BCUT2D eigenvalue weighted by Gasteiger charge is 2.11. The largest absolute Gasteiger partial charge is 0.507 e. The third kappa shape index (κ3) is 2.39. The van der Waals surface area contributed by atoms with Crippen molar-refractivity contribution in [2.24, 2.45) is 0 Å². The van der Waals surface area contributed by atoms with Gasteiger partial charge in [-0.05, 0) is 33.6 Å². The van der Waals surface area contributed by atoms with E-state index in [1.807, 2.05) is 0 Å². The lowest BCUT2D eigenvalue weighted by molar-refractivity contribution is 0.467. The van der Waals surface area contributed by atoms with Gasteiger partial charge in [0.1, 0.15) is 11.6 Å². The lowest BCUT2D eigenvalue weighted by atomic mass is 10.1. The van der Waals surface area contributed by atoms with Crippen molar-refractivity contribution in [1.29, 1.82) is 0 Å². The van der Waals surface area contributed by atoms with E-state index < -0.39 is 5.82 Å². The third-order valence-corrected chi connectivity index (χ3v) is 3.33. The Morgan fingerprint density at radius 3 is 2.82 bits per heavy atom. The molecule has 2 aromatic rings. The van der Waals surface area contributed by atoms with Gasteiger partial charge in [0.05, 0.1) is 10.0 Å². The summed E-state index contributed by atoms with van der Waals surface area (Å²) < 4.78 is 13.6. The standard InChI is InChI=1S/C12H9BrFNO2/c13-11-7(2-1-3-9(11)14)6-8-10(16)4-5-15-12(8)17/h1-5H,6H2,(H2,15,16,17). The lowest BCUT2D eigenvalue weighted by Gasteiger charge is -2.06. The van der Waals surface area contributed by atoms with E-state index in [9.17, 15) is 14.3 Å². The van der Waals surface area contributed by atoms with Crippen molar-refractivity contribution >= 4 is 15.9 Å². The number of hydrogen-bond donors (Lipinski definition) is 2. The monoisotopic (exact) mass is 297 g/mol. The Labute approximate surface area is 105 Å². The molecule has 1 aromatic heterocycles. The Morgan fingerprint density at radius 1 is 1.35 bits per heavy atom. The summed E-state index contributed by atoms with van der Waals surface area (Å²) in [6.45, 7) is 0. The maximum absolute atomic E-state index is 13.3. The summed E-state index contributed by atoms with van der Waals surface area (Å²) in [5.41, 5.74) is 0.456. The minimum Gasteiger partial charge on any atom is -0.507 e. The van der Waals surface area contributed by atoms with E-state index in [-0.39, 0.29) is 23.3 Å². The van der Waals surface area contributed by atoms with Gasteiger partial charge in [0.25, 0.3) is 5.56 Å². The number of rotatable bonds is 2. The Bertz CT molecular complexity index is 610. The second-order valence-electron chi connectivity index (χ2n) is 3.56. The second kappa shape index (κ2) is 4.71. The van der Waals surface area contributed by atoms with E-state index in [0.29, 0.717) is 10.0 Å². The van der Waals surface area contributed by atoms with Crippen LogP contribution in [0.4, 0.5) is 4.39 Å². The molecule has 0 radical (unpaired) electrons. The minimum absolute atomic E-state index is 0.0927. The van der Waals surface area contributed by atoms with Crippen LogP contribution >= 0.6 is 15.9 Å². The molecule has 88 valence electrons. The molecular weight excluding hydrogens is 289 g/mol. The van der Waals surface area contributed by atoms with Crippen LogP contribution in [-0.2, 0) is 6.42 Å². The Hall–Kier alpha value is -1.62. The van der Waals surface area contributed by atoms with E-state index in [1.165, 1.54) is 18.3 Å². The van der Waals surface area contributed by atoms with E-state index in [2.05, 4.69) is 20.9 Å². The van der Waals surface area contributed by atoms with Crippen molar-refractivity contribution < 1.29 is 9.50 Å². The lowest BCUT2D eigenvalue weighted by Crippen LogP contribution is -2.12. The fourth-order valence-electron chi connectivity index (χ4n) is 1.55. The summed E-state index contributed by atoms with van der Waals surface area (Å²) in [6.07, 6.45) is 1.53. The number of aromatic nitrogens is 1. The highest BCUT2D eigenvalue weighted by Crippen LogP contribution is 2.24. The fourth-order valence-corrected chi connectivity index (χ4v) is 1.95. The highest BCUT2D eigenvalue weighted by atomic mass is 79.9. The van der Waals surface area contributed by atoms with Crippen LogP contribution in [-0.4, -0.2) is 10.1 Å². The SMILES string of the molecule is O=c1[nH]ccc(O)c1Cc1cccc(F)c1Br. The molecule has 0 atom stereocenters. The van der Waals surface area contributed by atoms with E-state index in [0.717, 1.165) is 0 Å². The molecule has 0 spiro atoms. The molecule has 0 aliphatic carbocycles. The van der Waals surface area contributed by atoms with Crippen molar-refractivity contribution in [1.82, 2.24) is 4.98 Å². The summed E-state index contributed by atoms with van der Waals surface area (Å²) in [4.78, 5) is 14.0. The molecular formula is C12H9BrFNO2. The molecule has 0 aliphatic rings. The molecule has 0 amide bonds. The first-order chi connectivity index (χ1) is 8.09. The van der Waals surface area contributed by atoms with E-state index in [1.54, 1.807) is 12.1 Å². The van der Waals surface area contributed by atoms with Crippen molar-refractivity contribution in [2.75, 3.05) is 0 Å². The number of hydrogen-bond acceptors (Lipinski definition) is 2. The van der Waals surface area contributed by atoms with Gasteiger partial charge in [0.2, 0.25) is 0 Å². The number of halogens is 2. The smallest absolute Gasteiger partial charge is 0.255 e. The van der Waals surface area contributed by atoms with Gasteiger partial charge in [-0.1, -0.05) is 12.1 Å². The van der Waals surface area contributed by atoms with Gasteiger partial charge in [-0.3, -0.25) is 4.79 Å². The maximum Gasteiger partial charge on any atom is 0.255 e. The van der Waals surface area contributed by atoms with Gasteiger partial charge < -0.3 is 10.1 Å². The molecule has 17 heavy (non-hydrogen) atoms. The molecule has 3 nitrogen and oxygen atoms in total. The average molecular weight is 298 g/mol. The quantitative estimate of drug-likeness (QED) is 0.895. The van der Waals surface area contributed by atoms with Crippen molar-refractivity contribution in [3.05, 3.63) is 62.2 Å². The first-order valence-corrected chi connectivity index (χ1v) is 5.71. The van der Waals surface area contributed by atoms with Crippen LogP contribution in [0.3, 0.4) is 0 Å². The average Bonchev–Trinajstić information content (AvgIpc) is 2.29. The summed E-state index contributed by atoms with van der Waals surface area (Å²) in [5.74, 6) is -0.487. The van der Waals surface area contributed by atoms with Crippen LogP contribution in [0, 0.1) is 5.82 Å². The van der Waals surface area contributed by atoms with Crippen molar-refractivity contribution in [3.63, 3.8) is 0 Å². The molecule has 0 fully saturated rings. The number of pyridine rings is 1. The second-order valence-corrected chi connectivity index (χ2v) is 4.35. The predicted molar refractivity (Wildman–Crippen MR) is 65.6 cm³/mol. The van der Waals surface area contributed by atoms with Gasteiger partial charge in [-0.15, -0.1) is 0 Å². The molecule has 5 heteroatoms. The van der Waals surface area contributed by atoms with Gasteiger partial charge in [0.15, 0.2) is 0 Å². The fraction of sp³-hybridized carbons (Fsp3) is 0.0833. The topological polar surface area (TPSA) is 53.1 Å². The first kappa shape index (κ1) is 11.9. The first-order valence-electron chi connectivity index (χ1n) is 4.92. The molecule has 0 unspecified atom stereocenters. The van der Waals surface area contributed by atoms with Gasteiger partial charge in [-0.25, -0.2) is 4.39 Å². The van der Waals surface area contributed by atoms with Crippen LogP contribution in [0.1, 0.15) is 11.1 Å². The van der Waals surface area contributed by atoms with Crippen LogP contribution in [0.25, 0.3) is 0 Å². The predicted octanol–water partition coefficient (Wildman–Crippen LogP) is 2.57. The van der Waals surface area contributed by atoms with Crippen LogP contribution in [0.5, 0.6) is 5.75 Å². The molecule has 0 aliphatic heterocycles. The zero-order valence-corrected chi connectivity index (χ0v) is 10.3. The molecule has 1 aromatic carbocycles. The summed E-state index contributed by atoms with van der Waals surface area (Å²) in [7, 11) is 0. The summed E-state index contributed by atoms with van der Waals surface area (Å²) in [6, 6.07) is 5.97. The number of aromatic amines is 1. The Kier molecular flexibility index (Phi) is 3.28. The Balaban J connectivity index is 2.45. The molecule has 2 N–H and O–H groups in total. The Morgan fingerprint density at radius 2 is 2.12 bits per heavy atom. The van der Waals surface area contributed by atoms with Gasteiger partial charge in [0, 0.05) is 12.6 Å². The highest BCUT2D eigenvalue weighted by molar-refractivity contribution is 9.10. The third-order valence-electron chi connectivity index (χ3n) is 2.44. The van der Waals surface area contributed by atoms with Gasteiger partial charge >= 0.3 is 0 Å². The van der Waals surface area contributed by atoms with Crippen molar-refractivity contribution in [2.45, 2.75) is 6.42 Å². The van der Waals surface area contributed by atoms with Crippen LogP contribution in [0.2, 0.25) is 0 Å². The number of nitrogens with one attached hydrogen (secondary N) is 1. The maximum atomic E-state index is 13.3. The molecule has 0 saturated heterocycles. The molecule has 0 bridgehead atoms. The minimum atomic E-state index is -0.394. The van der Waals surface area contributed by atoms with Crippen LogP contribution in [0.15, 0.2) is 39.7 Å². The normalized spacial score (nSPS) is 10.5. The van der Waals surface area contributed by atoms with E-state index in [4.69, 9.17) is 0 Å². The number of benzene rings is 1. The number of H-pyrrole nitrogens is 1. The molecule has 2 rings (SSSR count). The molecule has 0 saturated carbocycles.